The molecule has 1 aromatic heterocycles. The zero-order valence-corrected chi connectivity index (χ0v) is 14.9. The molecule has 1 saturated heterocycles. The van der Waals surface area contributed by atoms with Gasteiger partial charge in [0.05, 0.1) is 20.6 Å². The fraction of sp³-hybridized carbons (Fsp3) is 0.500. The average Bonchev–Trinajstić information content (AvgIpc) is 3.24. The van der Waals surface area contributed by atoms with Gasteiger partial charge in [-0.1, -0.05) is 6.07 Å². The molecule has 0 aliphatic carbocycles. The summed E-state index contributed by atoms with van der Waals surface area (Å²) < 4.78 is 10.6. The molecule has 0 bridgehead atoms. The van der Waals surface area contributed by atoms with Gasteiger partial charge in [0.15, 0.2) is 17.3 Å². The summed E-state index contributed by atoms with van der Waals surface area (Å²) in [6.07, 6.45) is 2.18. The van der Waals surface area contributed by atoms with E-state index in [4.69, 9.17) is 9.47 Å². The van der Waals surface area contributed by atoms with E-state index in [0.29, 0.717) is 11.7 Å². The number of nitrogens with one attached hydrogen (secondary N) is 1. The number of methoxy groups -OCH3 is 2. The SMILES string of the molecule is COc1ccc(CC2CCN(C(=O)Cc3n[nH]c(C)n3)C2)cc1OC. The van der Waals surface area contributed by atoms with Gasteiger partial charge in [-0.15, -0.1) is 0 Å². The normalized spacial score (nSPS) is 16.9. The lowest BCUT2D eigenvalue weighted by atomic mass is 9.98. The number of hydrogen-bond donors (Lipinski definition) is 1. The lowest BCUT2D eigenvalue weighted by Crippen LogP contribution is -2.30. The van der Waals surface area contributed by atoms with Gasteiger partial charge in [0.2, 0.25) is 5.91 Å². The minimum atomic E-state index is 0.0915. The quantitative estimate of drug-likeness (QED) is 0.864. The smallest absolute Gasteiger partial charge is 0.230 e. The van der Waals surface area contributed by atoms with Crippen LogP contribution < -0.4 is 9.47 Å². The molecule has 1 fully saturated rings. The molecule has 1 unspecified atom stereocenters. The topological polar surface area (TPSA) is 80.3 Å². The number of carbonyl (C=O) groups excluding carboxylic acids is 1. The Morgan fingerprint density at radius 3 is 2.80 bits per heavy atom. The van der Waals surface area contributed by atoms with Crippen LogP contribution in [0, 0.1) is 12.8 Å². The van der Waals surface area contributed by atoms with Crippen LogP contribution >= 0.6 is 0 Å². The molecule has 2 heterocycles. The van der Waals surface area contributed by atoms with Crippen molar-refractivity contribution in [2.24, 2.45) is 5.92 Å². The van der Waals surface area contributed by atoms with Gasteiger partial charge in [-0.2, -0.15) is 5.10 Å². The first-order valence-corrected chi connectivity index (χ1v) is 8.45. The van der Waals surface area contributed by atoms with E-state index in [1.165, 1.54) is 5.56 Å². The summed E-state index contributed by atoms with van der Waals surface area (Å²) in [6, 6.07) is 6.00. The first kappa shape index (κ1) is 17.3. The van der Waals surface area contributed by atoms with Gasteiger partial charge < -0.3 is 14.4 Å². The van der Waals surface area contributed by atoms with Crippen LogP contribution in [0.5, 0.6) is 11.5 Å². The molecular weight excluding hydrogens is 320 g/mol. The number of nitrogens with zero attached hydrogens (tertiary/aromatic N) is 3. The summed E-state index contributed by atoms with van der Waals surface area (Å²) in [4.78, 5) is 18.5. The first-order valence-electron chi connectivity index (χ1n) is 8.45. The molecule has 1 aliphatic rings. The molecule has 1 amide bonds. The summed E-state index contributed by atoms with van der Waals surface area (Å²) in [5.74, 6) is 3.31. The Morgan fingerprint density at radius 1 is 1.32 bits per heavy atom. The molecule has 0 saturated carbocycles. The van der Waals surface area contributed by atoms with Crippen LogP contribution in [0.4, 0.5) is 0 Å². The molecule has 0 spiro atoms. The molecule has 1 aromatic carbocycles. The maximum absolute atomic E-state index is 12.4. The van der Waals surface area contributed by atoms with Crippen LogP contribution in [0.2, 0.25) is 0 Å². The largest absolute Gasteiger partial charge is 0.493 e. The highest BCUT2D eigenvalue weighted by Crippen LogP contribution is 2.30. The Labute approximate surface area is 147 Å². The third-order valence-corrected chi connectivity index (χ3v) is 4.56. The second-order valence-corrected chi connectivity index (χ2v) is 6.40. The van der Waals surface area contributed by atoms with E-state index < -0.39 is 0 Å². The molecule has 7 heteroatoms. The van der Waals surface area contributed by atoms with Crippen molar-refractivity contribution in [2.45, 2.75) is 26.2 Å². The summed E-state index contributed by atoms with van der Waals surface area (Å²) in [7, 11) is 3.27. The third-order valence-electron chi connectivity index (χ3n) is 4.56. The summed E-state index contributed by atoms with van der Waals surface area (Å²) in [5, 5.41) is 6.81. The Bertz CT molecular complexity index is 744. The maximum atomic E-state index is 12.4. The third kappa shape index (κ3) is 4.10. The van der Waals surface area contributed by atoms with Crippen molar-refractivity contribution >= 4 is 5.91 Å². The van der Waals surface area contributed by atoms with Crippen LogP contribution in [-0.4, -0.2) is 53.3 Å². The van der Waals surface area contributed by atoms with Gasteiger partial charge in [0.25, 0.3) is 0 Å². The van der Waals surface area contributed by atoms with Crippen LogP contribution in [0.3, 0.4) is 0 Å². The zero-order chi connectivity index (χ0) is 17.8. The number of carbonyl (C=O) groups is 1. The number of amides is 1. The van der Waals surface area contributed by atoms with E-state index in [0.717, 1.165) is 43.3 Å². The van der Waals surface area contributed by atoms with Gasteiger partial charge in [-0.3, -0.25) is 9.89 Å². The second-order valence-electron chi connectivity index (χ2n) is 6.40. The lowest BCUT2D eigenvalue weighted by Gasteiger charge is -2.16. The second kappa shape index (κ2) is 7.55. The van der Waals surface area contributed by atoms with Crippen molar-refractivity contribution < 1.29 is 14.3 Å². The summed E-state index contributed by atoms with van der Waals surface area (Å²) in [5.41, 5.74) is 1.20. The van der Waals surface area contributed by atoms with Crippen molar-refractivity contribution in [3.8, 4) is 11.5 Å². The summed E-state index contributed by atoms with van der Waals surface area (Å²) >= 11 is 0. The molecule has 134 valence electrons. The fourth-order valence-electron chi connectivity index (χ4n) is 3.28. The number of hydrogen-bond acceptors (Lipinski definition) is 5. The van der Waals surface area contributed by atoms with Crippen LogP contribution in [-0.2, 0) is 17.6 Å². The number of ether oxygens (including phenoxy) is 2. The molecule has 3 rings (SSSR count). The first-order chi connectivity index (χ1) is 12.1. The molecular formula is C18H24N4O3. The minimum Gasteiger partial charge on any atom is -0.493 e. The van der Waals surface area contributed by atoms with Gasteiger partial charge >= 0.3 is 0 Å². The standard InChI is InChI=1S/C18H24N4O3/c1-12-19-17(21-20-12)10-18(23)22-7-6-14(11-22)8-13-4-5-15(24-2)16(9-13)25-3/h4-5,9,14H,6-8,10-11H2,1-3H3,(H,19,20,21). The highest BCUT2D eigenvalue weighted by Gasteiger charge is 2.27. The van der Waals surface area contributed by atoms with Gasteiger partial charge in [0, 0.05) is 13.1 Å². The minimum absolute atomic E-state index is 0.0915. The van der Waals surface area contributed by atoms with E-state index in [2.05, 4.69) is 21.2 Å². The highest BCUT2D eigenvalue weighted by atomic mass is 16.5. The van der Waals surface area contributed by atoms with Crippen LogP contribution in [0.15, 0.2) is 18.2 Å². The Kier molecular flexibility index (Phi) is 5.21. The van der Waals surface area contributed by atoms with Gasteiger partial charge in [-0.25, -0.2) is 4.98 Å². The van der Waals surface area contributed by atoms with Gasteiger partial charge in [-0.05, 0) is 43.4 Å². The highest BCUT2D eigenvalue weighted by molar-refractivity contribution is 5.78. The van der Waals surface area contributed by atoms with Crippen molar-refractivity contribution in [2.75, 3.05) is 27.3 Å². The molecule has 25 heavy (non-hydrogen) atoms. The number of aromatic nitrogens is 3. The molecule has 1 aliphatic heterocycles. The lowest BCUT2D eigenvalue weighted by molar-refractivity contribution is -0.129. The zero-order valence-electron chi connectivity index (χ0n) is 14.9. The number of aromatic amines is 1. The van der Waals surface area contributed by atoms with Gasteiger partial charge in [0.1, 0.15) is 5.82 Å². The fourth-order valence-corrected chi connectivity index (χ4v) is 3.28. The van der Waals surface area contributed by atoms with Crippen LogP contribution in [0.25, 0.3) is 0 Å². The maximum Gasteiger partial charge on any atom is 0.230 e. The van der Waals surface area contributed by atoms with E-state index in [1.807, 2.05) is 24.0 Å². The van der Waals surface area contributed by atoms with E-state index in [-0.39, 0.29) is 12.3 Å². The van der Waals surface area contributed by atoms with Crippen molar-refractivity contribution in [1.82, 2.24) is 20.1 Å². The molecule has 7 nitrogen and oxygen atoms in total. The average molecular weight is 344 g/mol. The van der Waals surface area contributed by atoms with E-state index >= 15 is 0 Å². The molecule has 1 N–H and O–H groups in total. The van der Waals surface area contributed by atoms with E-state index in [1.54, 1.807) is 14.2 Å². The van der Waals surface area contributed by atoms with Crippen molar-refractivity contribution in [1.29, 1.82) is 0 Å². The monoisotopic (exact) mass is 344 g/mol. The number of likely N-dealkylation sites (tertiary alicyclic amines) is 1. The molecule has 2 aromatic rings. The number of H-pyrrole nitrogens is 1. The number of rotatable bonds is 6. The van der Waals surface area contributed by atoms with E-state index in [9.17, 15) is 4.79 Å². The van der Waals surface area contributed by atoms with Crippen molar-refractivity contribution in [3.05, 3.63) is 35.4 Å². The van der Waals surface area contributed by atoms with Crippen LogP contribution in [0.1, 0.15) is 23.6 Å². The molecule has 1 atom stereocenters. The Balaban J connectivity index is 1.56. The molecule has 0 radical (unpaired) electrons. The summed E-state index contributed by atoms with van der Waals surface area (Å²) in [6.45, 7) is 3.40. The number of benzene rings is 1. The number of aryl methyl sites for hydroxylation is 1. The Hall–Kier alpha value is -2.57. The predicted octanol–water partition coefficient (Wildman–Crippen LogP) is 1.76. The Morgan fingerprint density at radius 2 is 2.12 bits per heavy atom. The predicted molar refractivity (Wildman–Crippen MR) is 92.8 cm³/mol. The van der Waals surface area contributed by atoms with Crippen molar-refractivity contribution in [3.63, 3.8) is 0 Å².